The third kappa shape index (κ3) is 3.43. The van der Waals surface area contributed by atoms with Gasteiger partial charge in [0.1, 0.15) is 6.04 Å². The van der Waals surface area contributed by atoms with Crippen LogP contribution in [0.4, 0.5) is 0 Å². The minimum atomic E-state index is -3.82. The number of amides is 3. The van der Waals surface area contributed by atoms with Crippen LogP contribution < -0.4 is 5.32 Å². The van der Waals surface area contributed by atoms with Gasteiger partial charge in [-0.2, -0.15) is 0 Å². The van der Waals surface area contributed by atoms with Crippen LogP contribution in [-0.4, -0.2) is 41.1 Å². The summed E-state index contributed by atoms with van der Waals surface area (Å²) in [7, 11) is -3.82. The molecule has 0 saturated carbocycles. The molecule has 9 heteroatoms. The first-order valence-corrected chi connectivity index (χ1v) is 13.0. The molecule has 3 amide bonds. The number of aromatic nitrogens is 1. The molecule has 1 N–H and O–H groups in total. The van der Waals surface area contributed by atoms with Gasteiger partial charge in [-0.3, -0.25) is 19.7 Å². The summed E-state index contributed by atoms with van der Waals surface area (Å²) >= 11 is 0. The van der Waals surface area contributed by atoms with E-state index in [0.29, 0.717) is 17.5 Å². The maximum Gasteiger partial charge on any atom is 0.268 e. The van der Waals surface area contributed by atoms with Crippen LogP contribution in [0, 0.1) is 0 Å². The van der Waals surface area contributed by atoms with Gasteiger partial charge in [-0.15, -0.1) is 0 Å². The lowest BCUT2D eigenvalue weighted by Gasteiger charge is -2.29. The summed E-state index contributed by atoms with van der Waals surface area (Å²) in [6, 6.07) is 20.2. The van der Waals surface area contributed by atoms with Crippen LogP contribution >= 0.6 is 0 Å². The van der Waals surface area contributed by atoms with Crippen molar-refractivity contribution in [2.24, 2.45) is 0 Å². The zero-order valence-electron chi connectivity index (χ0n) is 19.0. The van der Waals surface area contributed by atoms with Crippen molar-refractivity contribution in [1.29, 1.82) is 0 Å². The first-order chi connectivity index (χ1) is 17.3. The number of rotatable bonds is 4. The number of piperidine rings is 1. The summed E-state index contributed by atoms with van der Waals surface area (Å²) < 4.78 is 28.2. The van der Waals surface area contributed by atoms with Gasteiger partial charge in [0.05, 0.1) is 10.4 Å². The molecule has 1 saturated heterocycles. The molecule has 1 unspecified atom stereocenters. The molecule has 0 bridgehead atoms. The first-order valence-electron chi connectivity index (χ1n) is 11.5. The molecule has 3 heterocycles. The Balaban J connectivity index is 1.41. The van der Waals surface area contributed by atoms with Gasteiger partial charge in [0, 0.05) is 35.7 Å². The maximum absolute atomic E-state index is 13.4. The van der Waals surface area contributed by atoms with Crippen molar-refractivity contribution in [2.45, 2.75) is 30.3 Å². The SMILES string of the molecule is O=C1CCC(N2Cc3cc(-c4cn(S(=O)(=O)c5ccccc5)c5ccccc45)ccc3C2=O)C(=O)N1. The largest absolute Gasteiger partial charge is 0.322 e. The van der Waals surface area contributed by atoms with Gasteiger partial charge in [-0.25, -0.2) is 12.4 Å². The van der Waals surface area contributed by atoms with E-state index in [0.717, 1.165) is 22.1 Å². The van der Waals surface area contributed by atoms with Crippen molar-refractivity contribution < 1.29 is 22.8 Å². The minimum Gasteiger partial charge on any atom is -0.322 e. The normalized spacial score (nSPS) is 17.9. The number of imide groups is 1. The molecular weight excluding hydrogens is 478 g/mol. The van der Waals surface area contributed by atoms with E-state index in [4.69, 9.17) is 0 Å². The summed E-state index contributed by atoms with van der Waals surface area (Å²) in [5.74, 6) is -1.04. The Kier molecular flexibility index (Phi) is 5.04. The van der Waals surface area contributed by atoms with E-state index < -0.39 is 22.0 Å². The summed E-state index contributed by atoms with van der Waals surface area (Å²) in [5.41, 5.74) is 3.30. The predicted molar refractivity (Wildman–Crippen MR) is 132 cm³/mol. The molecular formula is C27H21N3O5S. The molecule has 2 aliphatic heterocycles. The van der Waals surface area contributed by atoms with E-state index in [1.165, 1.54) is 8.87 Å². The number of nitrogens with zero attached hydrogens (tertiary/aromatic N) is 2. The van der Waals surface area contributed by atoms with E-state index in [-0.39, 0.29) is 29.7 Å². The standard InChI is InChI=1S/C27H21N3O5S/c31-25-13-12-24(26(32)28-25)29-15-18-14-17(10-11-20(18)27(29)33)22-16-30(23-9-5-4-8-21(22)23)36(34,35)19-6-2-1-3-7-19/h1-11,14,16,24H,12-13,15H2,(H,28,31,32). The lowest BCUT2D eigenvalue weighted by molar-refractivity contribution is -0.136. The fraction of sp³-hybridized carbons (Fsp3) is 0.148. The van der Waals surface area contributed by atoms with Crippen molar-refractivity contribution in [2.75, 3.05) is 0 Å². The highest BCUT2D eigenvalue weighted by Crippen LogP contribution is 2.36. The van der Waals surface area contributed by atoms with Gasteiger partial charge < -0.3 is 4.90 Å². The molecule has 180 valence electrons. The summed E-state index contributed by atoms with van der Waals surface area (Å²) in [5, 5.41) is 3.08. The van der Waals surface area contributed by atoms with E-state index in [9.17, 15) is 22.8 Å². The van der Waals surface area contributed by atoms with Gasteiger partial charge >= 0.3 is 0 Å². The van der Waals surface area contributed by atoms with E-state index >= 15 is 0 Å². The molecule has 3 aromatic carbocycles. The Morgan fingerprint density at radius 1 is 0.861 bits per heavy atom. The van der Waals surface area contributed by atoms with Crippen LogP contribution in [0.3, 0.4) is 0 Å². The number of carbonyl (C=O) groups is 3. The number of hydrogen-bond acceptors (Lipinski definition) is 5. The highest BCUT2D eigenvalue weighted by molar-refractivity contribution is 7.90. The maximum atomic E-state index is 13.4. The topological polar surface area (TPSA) is 106 Å². The van der Waals surface area contributed by atoms with Crippen LogP contribution in [0.2, 0.25) is 0 Å². The summed E-state index contributed by atoms with van der Waals surface area (Å²) in [6.07, 6.45) is 2.10. The number of benzene rings is 3. The fourth-order valence-electron chi connectivity index (χ4n) is 5.03. The van der Waals surface area contributed by atoms with Crippen LogP contribution in [0.25, 0.3) is 22.0 Å². The molecule has 8 nitrogen and oxygen atoms in total. The first kappa shape index (κ1) is 22.2. The quantitative estimate of drug-likeness (QED) is 0.434. The summed E-state index contributed by atoms with van der Waals surface area (Å²) in [6.45, 7) is 0.245. The van der Waals surface area contributed by atoms with Gasteiger partial charge in [0.25, 0.3) is 15.9 Å². The van der Waals surface area contributed by atoms with E-state index in [1.54, 1.807) is 60.8 Å². The van der Waals surface area contributed by atoms with Crippen LogP contribution in [0.5, 0.6) is 0 Å². The van der Waals surface area contributed by atoms with Crippen molar-refractivity contribution in [3.05, 3.63) is 90.1 Å². The van der Waals surface area contributed by atoms with Gasteiger partial charge in [-0.1, -0.05) is 42.5 Å². The average molecular weight is 500 g/mol. The fourth-order valence-corrected chi connectivity index (χ4v) is 6.42. The second-order valence-electron chi connectivity index (χ2n) is 8.95. The Morgan fingerprint density at radius 3 is 2.39 bits per heavy atom. The highest BCUT2D eigenvalue weighted by Gasteiger charge is 2.39. The van der Waals surface area contributed by atoms with Gasteiger partial charge in [0.15, 0.2) is 0 Å². The molecule has 1 aromatic heterocycles. The molecule has 0 spiro atoms. The second kappa shape index (κ2) is 8.17. The van der Waals surface area contributed by atoms with Crippen LogP contribution in [0.15, 0.2) is 83.9 Å². The van der Waals surface area contributed by atoms with Crippen molar-refractivity contribution >= 4 is 38.6 Å². The Morgan fingerprint density at radius 2 is 1.61 bits per heavy atom. The molecule has 2 aliphatic rings. The second-order valence-corrected chi connectivity index (χ2v) is 10.8. The lowest BCUT2D eigenvalue weighted by atomic mass is 10.00. The van der Waals surface area contributed by atoms with Crippen molar-refractivity contribution in [3.8, 4) is 11.1 Å². The molecule has 36 heavy (non-hydrogen) atoms. The molecule has 0 aliphatic carbocycles. The lowest BCUT2D eigenvalue weighted by Crippen LogP contribution is -2.52. The Hall–Kier alpha value is -4.24. The molecule has 6 rings (SSSR count). The molecule has 0 radical (unpaired) electrons. The average Bonchev–Trinajstić information content (AvgIpc) is 3.43. The molecule has 1 fully saturated rings. The minimum absolute atomic E-state index is 0.191. The van der Waals surface area contributed by atoms with Gasteiger partial charge in [-0.05, 0) is 47.9 Å². The van der Waals surface area contributed by atoms with Crippen LogP contribution in [-0.2, 0) is 26.2 Å². The van der Waals surface area contributed by atoms with Crippen molar-refractivity contribution in [3.63, 3.8) is 0 Å². The number of nitrogens with one attached hydrogen (secondary N) is 1. The molecule has 4 aromatic rings. The smallest absolute Gasteiger partial charge is 0.268 e. The third-order valence-electron chi connectivity index (χ3n) is 6.81. The zero-order valence-corrected chi connectivity index (χ0v) is 19.9. The highest BCUT2D eigenvalue weighted by atomic mass is 32.2. The van der Waals surface area contributed by atoms with E-state index in [1.807, 2.05) is 18.2 Å². The van der Waals surface area contributed by atoms with Crippen molar-refractivity contribution in [1.82, 2.24) is 14.2 Å². The third-order valence-corrected chi connectivity index (χ3v) is 8.50. The molecule has 1 atom stereocenters. The monoisotopic (exact) mass is 499 g/mol. The number of hydrogen-bond donors (Lipinski definition) is 1. The Bertz CT molecular complexity index is 1670. The number of para-hydroxylation sites is 1. The number of fused-ring (bicyclic) bond motifs is 2. The predicted octanol–water partition coefficient (Wildman–Crippen LogP) is 3.31. The Labute approximate surface area is 207 Å². The zero-order chi connectivity index (χ0) is 25.0. The van der Waals surface area contributed by atoms with E-state index in [2.05, 4.69) is 5.32 Å². The number of carbonyl (C=O) groups excluding carboxylic acids is 3. The summed E-state index contributed by atoms with van der Waals surface area (Å²) in [4.78, 5) is 38.6. The van der Waals surface area contributed by atoms with Gasteiger partial charge in [0.2, 0.25) is 11.8 Å². The van der Waals surface area contributed by atoms with Crippen LogP contribution in [0.1, 0.15) is 28.8 Å².